The first kappa shape index (κ1) is 70.6. The van der Waals surface area contributed by atoms with Crippen LogP contribution in [0, 0.1) is 0 Å². The van der Waals surface area contributed by atoms with Gasteiger partial charge in [0.05, 0.1) is 25.4 Å². The van der Waals surface area contributed by atoms with E-state index in [0.717, 1.165) is 103 Å². The van der Waals surface area contributed by atoms with Crippen LogP contribution in [-0.4, -0.2) is 99.6 Å². The molecule has 0 bridgehead atoms. The number of carbonyl (C=O) groups excluding carboxylic acids is 2. The minimum absolute atomic E-state index is 0.0149. The molecule has 6 N–H and O–H groups in total. The Labute approximate surface area is 466 Å². The maximum atomic E-state index is 13.4. The average Bonchev–Trinajstić information content (AvgIpc) is 3.43. The molecule has 0 aromatic rings. The molecule has 8 unspecified atom stereocenters. The van der Waals surface area contributed by atoms with Crippen LogP contribution in [0.2, 0.25) is 0 Å². The second kappa shape index (κ2) is 52.3. The summed E-state index contributed by atoms with van der Waals surface area (Å²) in [6.45, 7) is 5.46. The molecular weight excluding hydrogens is 967 g/mol. The zero-order valence-electron chi connectivity index (χ0n) is 47.8. The molecule has 8 atom stereocenters. The molecule has 0 aliphatic carbocycles. The summed E-state index contributed by atoms with van der Waals surface area (Å²) < 4.78 is 17.5. The van der Waals surface area contributed by atoms with E-state index in [1.165, 1.54) is 38.5 Å². The van der Waals surface area contributed by atoms with Gasteiger partial charge in [0.15, 0.2) is 12.4 Å². The van der Waals surface area contributed by atoms with Crippen molar-refractivity contribution in [3.05, 3.63) is 146 Å². The summed E-state index contributed by atoms with van der Waals surface area (Å²) in [5, 5.41) is 56.8. The largest absolute Gasteiger partial charge is 0.454 e. The third kappa shape index (κ3) is 40.4. The number of aliphatic hydroxyl groups is 5. The van der Waals surface area contributed by atoms with Gasteiger partial charge in [0.25, 0.3) is 0 Å². The van der Waals surface area contributed by atoms with Crippen molar-refractivity contribution in [3.8, 4) is 0 Å². The minimum atomic E-state index is -1.66. The minimum Gasteiger partial charge on any atom is -0.454 e. The third-order valence-corrected chi connectivity index (χ3v) is 12.7. The molecule has 1 fully saturated rings. The molecular formula is C66H105NO10. The van der Waals surface area contributed by atoms with E-state index in [2.05, 4.69) is 148 Å². The molecule has 434 valence electrons. The van der Waals surface area contributed by atoms with E-state index in [4.69, 9.17) is 14.2 Å². The van der Waals surface area contributed by atoms with Crippen molar-refractivity contribution in [1.29, 1.82) is 0 Å². The Bertz CT molecular complexity index is 1800. The SMILES string of the molecule is CC/C=C\C/C=C\C/C=C\C/C=C\C/C=C\C/C=C\CCC(=O)OC1C(OCC(NC(=O)C(O)CCCC/C=C\C/C=C\C/C=C\C/C=C\C/C=C\CC)C(O)/C=C/CCCCCCCCCCC)OC(CO)C(O)C1O. The average molecular weight is 1070 g/mol. The molecule has 11 heteroatoms. The van der Waals surface area contributed by atoms with Crippen LogP contribution in [0.3, 0.4) is 0 Å². The molecule has 1 amide bonds. The standard InChI is InChI=1S/C66H105NO10/c1-4-7-10-13-16-19-22-24-26-28-30-32-34-36-39-42-45-48-51-54-61(71)77-64-63(73)62(72)60(55-68)76-66(64)75-56-57(58(69)52-49-46-43-40-37-21-18-15-12-9-6-3)67-65(74)59(70)53-50-47-44-41-38-35-33-31-29-27-25-23-20-17-14-11-8-5-2/h7-8,10-11,16-17,19-20,24-27,30-33,36,38-39,41,45,48-49,52,57-60,62-64,66,68-70,72-73H,4-6,9,12-15,18,21-23,28-29,34-35,37,40,42-44,46-47,50-51,53-56H2,1-3H3,(H,67,74)/b10-7-,11-8-,19-16-,20-17-,26-24-,27-25-,32-30-,33-31-,39-36-,41-38-,48-45-,52-49+. The molecule has 0 saturated carbocycles. The Morgan fingerprint density at radius 2 is 0.935 bits per heavy atom. The first-order valence-electron chi connectivity index (χ1n) is 29.6. The molecule has 1 aliphatic rings. The Kier molecular flexibility index (Phi) is 47.9. The van der Waals surface area contributed by atoms with Crippen molar-refractivity contribution in [2.75, 3.05) is 13.2 Å². The fourth-order valence-electron chi connectivity index (χ4n) is 8.11. The predicted octanol–water partition coefficient (Wildman–Crippen LogP) is 13.8. The molecule has 1 rings (SSSR count). The molecule has 0 aromatic heterocycles. The maximum Gasteiger partial charge on any atom is 0.306 e. The molecule has 0 spiro atoms. The van der Waals surface area contributed by atoms with Crippen LogP contribution in [0.5, 0.6) is 0 Å². The lowest BCUT2D eigenvalue weighted by Crippen LogP contribution is -2.61. The van der Waals surface area contributed by atoms with Crippen molar-refractivity contribution in [3.63, 3.8) is 0 Å². The number of carbonyl (C=O) groups is 2. The molecule has 1 heterocycles. The number of nitrogens with one attached hydrogen (secondary N) is 1. The van der Waals surface area contributed by atoms with E-state index in [0.29, 0.717) is 19.3 Å². The summed E-state index contributed by atoms with van der Waals surface area (Å²) >= 11 is 0. The lowest BCUT2D eigenvalue weighted by Gasteiger charge is -2.41. The first-order valence-corrected chi connectivity index (χ1v) is 29.6. The highest BCUT2D eigenvalue weighted by Gasteiger charge is 2.47. The number of hydrogen-bond donors (Lipinski definition) is 6. The monoisotopic (exact) mass is 1070 g/mol. The highest BCUT2D eigenvalue weighted by atomic mass is 16.7. The van der Waals surface area contributed by atoms with Crippen LogP contribution in [0.15, 0.2) is 146 Å². The van der Waals surface area contributed by atoms with E-state index in [1.807, 2.05) is 18.2 Å². The number of aliphatic hydroxyl groups excluding tert-OH is 5. The van der Waals surface area contributed by atoms with Crippen molar-refractivity contribution < 1.29 is 49.3 Å². The topological polar surface area (TPSA) is 175 Å². The van der Waals surface area contributed by atoms with Gasteiger partial charge in [0.1, 0.15) is 24.4 Å². The van der Waals surface area contributed by atoms with Gasteiger partial charge in [-0.15, -0.1) is 0 Å². The van der Waals surface area contributed by atoms with Crippen molar-refractivity contribution >= 4 is 11.9 Å². The highest BCUT2D eigenvalue weighted by molar-refractivity contribution is 5.80. The predicted molar refractivity (Wildman–Crippen MR) is 319 cm³/mol. The van der Waals surface area contributed by atoms with Crippen LogP contribution in [0.4, 0.5) is 0 Å². The first-order chi connectivity index (χ1) is 37.7. The molecule has 0 radical (unpaired) electrons. The molecule has 77 heavy (non-hydrogen) atoms. The lowest BCUT2D eigenvalue weighted by atomic mass is 9.99. The normalized spacial score (nSPS) is 20.1. The van der Waals surface area contributed by atoms with Gasteiger partial charge in [0, 0.05) is 6.42 Å². The Hall–Kier alpha value is -4.46. The summed E-state index contributed by atoms with van der Waals surface area (Å²) in [5.74, 6) is -1.33. The van der Waals surface area contributed by atoms with Crippen LogP contribution in [-0.2, 0) is 23.8 Å². The Morgan fingerprint density at radius 3 is 1.40 bits per heavy atom. The third-order valence-electron chi connectivity index (χ3n) is 12.7. The quantitative estimate of drug-likeness (QED) is 0.0195. The summed E-state index contributed by atoms with van der Waals surface area (Å²) in [6, 6.07) is -1.07. The van der Waals surface area contributed by atoms with E-state index >= 15 is 0 Å². The van der Waals surface area contributed by atoms with E-state index in [-0.39, 0.29) is 19.4 Å². The lowest BCUT2D eigenvalue weighted by molar-refractivity contribution is -0.305. The van der Waals surface area contributed by atoms with Gasteiger partial charge in [-0.05, 0) is 109 Å². The summed E-state index contributed by atoms with van der Waals surface area (Å²) in [4.78, 5) is 26.5. The van der Waals surface area contributed by atoms with Gasteiger partial charge in [-0.1, -0.05) is 224 Å². The molecule has 1 saturated heterocycles. The van der Waals surface area contributed by atoms with Crippen LogP contribution in [0.25, 0.3) is 0 Å². The van der Waals surface area contributed by atoms with E-state index in [1.54, 1.807) is 6.08 Å². The maximum absolute atomic E-state index is 13.4. The van der Waals surface area contributed by atoms with Gasteiger partial charge in [0.2, 0.25) is 5.91 Å². The number of amides is 1. The van der Waals surface area contributed by atoms with E-state index in [9.17, 15) is 35.1 Å². The van der Waals surface area contributed by atoms with Crippen LogP contribution in [0.1, 0.15) is 194 Å². The molecule has 0 aromatic carbocycles. The summed E-state index contributed by atoms with van der Waals surface area (Å²) in [5.41, 5.74) is 0. The van der Waals surface area contributed by atoms with Crippen molar-refractivity contribution in [1.82, 2.24) is 5.32 Å². The number of ether oxygens (including phenoxy) is 3. The van der Waals surface area contributed by atoms with Gasteiger partial charge >= 0.3 is 5.97 Å². The fraction of sp³-hybridized carbons (Fsp3) is 0.606. The van der Waals surface area contributed by atoms with Gasteiger partial charge in [-0.3, -0.25) is 9.59 Å². The number of rotatable bonds is 47. The van der Waals surface area contributed by atoms with E-state index < -0.39 is 67.4 Å². The molecule has 11 nitrogen and oxygen atoms in total. The summed E-state index contributed by atoms with van der Waals surface area (Å²) in [7, 11) is 0. The zero-order chi connectivity index (χ0) is 56.1. The number of unbranched alkanes of at least 4 members (excludes halogenated alkanes) is 11. The second-order valence-corrected chi connectivity index (χ2v) is 19.6. The van der Waals surface area contributed by atoms with Crippen LogP contribution < -0.4 is 5.32 Å². The number of hydrogen-bond acceptors (Lipinski definition) is 10. The Morgan fingerprint density at radius 1 is 0.519 bits per heavy atom. The second-order valence-electron chi connectivity index (χ2n) is 19.6. The van der Waals surface area contributed by atoms with Crippen molar-refractivity contribution in [2.24, 2.45) is 0 Å². The Balaban J connectivity index is 2.78. The smallest absolute Gasteiger partial charge is 0.306 e. The number of esters is 1. The molecule has 1 aliphatic heterocycles. The van der Waals surface area contributed by atoms with Gasteiger partial charge < -0.3 is 45.1 Å². The van der Waals surface area contributed by atoms with Gasteiger partial charge in [-0.2, -0.15) is 0 Å². The zero-order valence-corrected chi connectivity index (χ0v) is 47.8. The summed E-state index contributed by atoms with van der Waals surface area (Å²) in [6.07, 6.45) is 64.7. The highest BCUT2D eigenvalue weighted by Crippen LogP contribution is 2.26. The van der Waals surface area contributed by atoms with Crippen LogP contribution >= 0.6 is 0 Å². The van der Waals surface area contributed by atoms with Gasteiger partial charge in [-0.25, -0.2) is 0 Å². The van der Waals surface area contributed by atoms with Crippen molar-refractivity contribution in [2.45, 2.75) is 243 Å². The fourth-order valence-corrected chi connectivity index (χ4v) is 8.11. The number of allylic oxidation sites excluding steroid dienone is 23.